The summed E-state index contributed by atoms with van der Waals surface area (Å²) in [6.07, 6.45) is 1.03. The molecule has 1 aromatic rings. The SMILES string of the molecule is NC1CC1c1cccc(O)c1Br. The van der Waals surface area contributed by atoms with Gasteiger partial charge < -0.3 is 10.8 Å². The smallest absolute Gasteiger partial charge is 0.130 e. The maximum atomic E-state index is 9.38. The van der Waals surface area contributed by atoms with Crippen molar-refractivity contribution in [3.05, 3.63) is 28.2 Å². The van der Waals surface area contributed by atoms with Gasteiger partial charge in [0.1, 0.15) is 5.75 Å². The minimum absolute atomic E-state index is 0.281. The number of hydrogen-bond donors (Lipinski definition) is 2. The van der Waals surface area contributed by atoms with Crippen molar-refractivity contribution in [1.82, 2.24) is 0 Å². The first-order chi connectivity index (χ1) is 5.70. The summed E-state index contributed by atoms with van der Waals surface area (Å²) in [7, 11) is 0. The van der Waals surface area contributed by atoms with Crippen LogP contribution in [0.15, 0.2) is 22.7 Å². The van der Waals surface area contributed by atoms with E-state index in [-0.39, 0.29) is 6.04 Å². The Bertz CT molecular complexity index is 313. The van der Waals surface area contributed by atoms with Crippen LogP contribution in [0.25, 0.3) is 0 Å². The highest BCUT2D eigenvalue weighted by Gasteiger charge is 2.36. The fraction of sp³-hybridized carbons (Fsp3) is 0.333. The van der Waals surface area contributed by atoms with E-state index in [1.54, 1.807) is 6.07 Å². The minimum Gasteiger partial charge on any atom is -0.507 e. The monoisotopic (exact) mass is 227 g/mol. The van der Waals surface area contributed by atoms with Gasteiger partial charge in [0, 0.05) is 12.0 Å². The van der Waals surface area contributed by atoms with Crippen LogP contribution in [0.2, 0.25) is 0 Å². The zero-order chi connectivity index (χ0) is 8.72. The maximum Gasteiger partial charge on any atom is 0.130 e. The normalized spacial score (nSPS) is 27.2. The van der Waals surface area contributed by atoms with E-state index in [9.17, 15) is 5.11 Å². The van der Waals surface area contributed by atoms with Gasteiger partial charge in [0.2, 0.25) is 0 Å². The van der Waals surface area contributed by atoms with Gasteiger partial charge in [-0.3, -0.25) is 0 Å². The molecule has 1 aliphatic carbocycles. The molecule has 64 valence electrons. The fourth-order valence-electron chi connectivity index (χ4n) is 1.40. The predicted octanol–water partition coefficient (Wildman–Crippen LogP) is 1.97. The van der Waals surface area contributed by atoms with Crippen LogP contribution in [0.1, 0.15) is 17.9 Å². The first kappa shape index (κ1) is 8.08. The highest BCUT2D eigenvalue weighted by Crippen LogP contribution is 2.44. The molecule has 1 saturated carbocycles. The Morgan fingerprint density at radius 2 is 2.17 bits per heavy atom. The van der Waals surface area contributed by atoms with Crippen LogP contribution in [0.5, 0.6) is 5.75 Å². The highest BCUT2D eigenvalue weighted by atomic mass is 79.9. The lowest BCUT2D eigenvalue weighted by molar-refractivity contribution is 0.471. The first-order valence-corrected chi connectivity index (χ1v) is 4.72. The van der Waals surface area contributed by atoms with Gasteiger partial charge in [-0.25, -0.2) is 0 Å². The minimum atomic E-state index is 0.281. The Morgan fingerprint density at radius 3 is 2.75 bits per heavy atom. The number of nitrogens with two attached hydrogens (primary N) is 1. The fourth-order valence-corrected chi connectivity index (χ4v) is 1.95. The molecule has 2 atom stereocenters. The zero-order valence-corrected chi connectivity index (χ0v) is 8.08. The average molecular weight is 228 g/mol. The van der Waals surface area contributed by atoms with E-state index < -0.39 is 0 Å². The topological polar surface area (TPSA) is 46.2 Å². The summed E-state index contributed by atoms with van der Waals surface area (Å²) in [5.41, 5.74) is 6.84. The molecular formula is C9H10BrNO. The standard InChI is InChI=1S/C9H10BrNO/c10-9-5(6-4-7(6)11)2-1-3-8(9)12/h1-3,6-7,12H,4,11H2. The molecule has 1 aliphatic rings. The van der Waals surface area contributed by atoms with Crippen LogP contribution in [-0.2, 0) is 0 Å². The molecule has 3 heteroatoms. The molecule has 0 aliphatic heterocycles. The molecule has 0 bridgehead atoms. The molecule has 0 heterocycles. The Labute approximate surface area is 79.5 Å². The third-order valence-corrected chi connectivity index (χ3v) is 3.11. The first-order valence-electron chi connectivity index (χ1n) is 3.93. The highest BCUT2D eigenvalue weighted by molar-refractivity contribution is 9.10. The van der Waals surface area contributed by atoms with Gasteiger partial charge in [-0.1, -0.05) is 12.1 Å². The third-order valence-electron chi connectivity index (χ3n) is 2.25. The molecule has 0 saturated heterocycles. The molecule has 3 N–H and O–H groups in total. The summed E-state index contributed by atoms with van der Waals surface area (Å²) in [4.78, 5) is 0. The van der Waals surface area contributed by atoms with Crippen LogP contribution in [0, 0.1) is 0 Å². The molecule has 0 amide bonds. The van der Waals surface area contributed by atoms with E-state index in [4.69, 9.17) is 5.73 Å². The Balaban J connectivity index is 2.38. The van der Waals surface area contributed by atoms with Crippen LogP contribution in [0.4, 0.5) is 0 Å². The van der Waals surface area contributed by atoms with E-state index in [1.807, 2.05) is 12.1 Å². The van der Waals surface area contributed by atoms with Crippen molar-refractivity contribution in [2.45, 2.75) is 18.4 Å². The number of phenols is 1. The van der Waals surface area contributed by atoms with Crippen molar-refractivity contribution in [1.29, 1.82) is 0 Å². The second kappa shape index (κ2) is 2.75. The van der Waals surface area contributed by atoms with Gasteiger partial charge in [0.05, 0.1) is 4.47 Å². The van der Waals surface area contributed by atoms with Crippen molar-refractivity contribution in [2.24, 2.45) is 5.73 Å². The summed E-state index contributed by atoms with van der Waals surface area (Å²) in [5.74, 6) is 0.734. The summed E-state index contributed by atoms with van der Waals surface area (Å²) in [6.45, 7) is 0. The number of rotatable bonds is 1. The molecule has 2 nitrogen and oxygen atoms in total. The molecule has 12 heavy (non-hydrogen) atoms. The van der Waals surface area contributed by atoms with Gasteiger partial charge in [-0.05, 0) is 34.0 Å². The van der Waals surface area contributed by atoms with Crippen LogP contribution >= 0.6 is 15.9 Å². The number of benzene rings is 1. The van der Waals surface area contributed by atoms with E-state index in [0.29, 0.717) is 11.7 Å². The van der Waals surface area contributed by atoms with Crippen molar-refractivity contribution in [3.8, 4) is 5.75 Å². The van der Waals surface area contributed by atoms with Crippen molar-refractivity contribution in [3.63, 3.8) is 0 Å². The molecular weight excluding hydrogens is 218 g/mol. The van der Waals surface area contributed by atoms with Crippen LogP contribution in [-0.4, -0.2) is 11.1 Å². The Hall–Kier alpha value is -0.540. The summed E-state index contributed by atoms with van der Waals surface area (Å²) < 4.78 is 0.794. The summed E-state index contributed by atoms with van der Waals surface area (Å²) >= 11 is 3.34. The quantitative estimate of drug-likeness (QED) is 0.771. The lowest BCUT2D eigenvalue weighted by atomic mass is 10.1. The summed E-state index contributed by atoms with van der Waals surface area (Å²) in [6, 6.07) is 5.80. The Morgan fingerprint density at radius 1 is 1.50 bits per heavy atom. The molecule has 1 aromatic carbocycles. The maximum absolute atomic E-state index is 9.38. The molecule has 2 rings (SSSR count). The summed E-state index contributed by atoms with van der Waals surface area (Å²) in [5, 5.41) is 9.38. The van der Waals surface area contributed by atoms with E-state index in [1.165, 1.54) is 0 Å². The van der Waals surface area contributed by atoms with Gasteiger partial charge in [0.25, 0.3) is 0 Å². The molecule has 1 fully saturated rings. The van der Waals surface area contributed by atoms with Gasteiger partial charge >= 0.3 is 0 Å². The number of phenolic OH excluding ortho intramolecular Hbond substituents is 1. The lowest BCUT2D eigenvalue weighted by Gasteiger charge is -2.03. The van der Waals surface area contributed by atoms with Crippen molar-refractivity contribution < 1.29 is 5.11 Å². The van der Waals surface area contributed by atoms with Crippen molar-refractivity contribution >= 4 is 15.9 Å². The van der Waals surface area contributed by atoms with Crippen molar-refractivity contribution in [2.75, 3.05) is 0 Å². The van der Waals surface area contributed by atoms with E-state index >= 15 is 0 Å². The second-order valence-corrected chi connectivity index (χ2v) is 3.98. The molecule has 0 radical (unpaired) electrons. The largest absolute Gasteiger partial charge is 0.507 e. The molecule has 0 spiro atoms. The van der Waals surface area contributed by atoms with Gasteiger partial charge in [0.15, 0.2) is 0 Å². The number of halogens is 1. The molecule has 0 aromatic heterocycles. The number of hydrogen-bond acceptors (Lipinski definition) is 2. The van der Waals surface area contributed by atoms with E-state index in [0.717, 1.165) is 16.5 Å². The molecule has 2 unspecified atom stereocenters. The average Bonchev–Trinajstić information content (AvgIpc) is 2.73. The van der Waals surface area contributed by atoms with Crippen LogP contribution < -0.4 is 5.73 Å². The zero-order valence-electron chi connectivity index (χ0n) is 6.50. The Kier molecular flexibility index (Phi) is 1.85. The van der Waals surface area contributed by atoms with Gasteiger partial charge in [-0.15, -0.1) is 0 Å². The third kappa shape index (κ3) is 1.23. The van der Waals surface area contributed by atoms with E-state index in [2.05, 4.69) is 15.9 Å². The van der Waals surface area contributed by atoms with Gasteiger partial charge in [-0.2, -0.15) is 0 Å². The van der Waals surface area contributed by atoms with Crippen LogP contribution in [0.3, 0.4) is 0 Å². The predicted molar refractivity (Wildman–Crippen MR) is 51.1 cm³/mol. The number of aromatic hydroxyl groups is 1. The second-order valence-electron chi connectivity index (χ2n) is 3.19. The lowest BCUT2D eigenvalue weighted by Crippen LogP contribution is -2.01.